The molecule has 0 aliphatic heterocycles. The van der Waals surface area contributed by atoms with Crippen LogP contribution in [-0.2, 0) is 5.54 Å². The standard InChI is InChI=1S/C13H21NOS/c1-3-11(2)16-10-13(14,9-15)12-7-5-4-6-8-12/h4-8,11,15H,3,9-10,14H2,1-2H3. The highest BCUT2D eigenvalue weighted by Gasteiger charge is 2.26. The lowest BCUT2D eigenvalue weighted by Crippen LogP contribution is -2.43. The first-order chi connectivity index (χ1) is 7.62. The summed E-state index contributed by atoms with van der Waals surface area (Å²) in [5.41, 5.74) is 6.64. The lowest BCUT2D eigenvalue weighted by molar-refractivity contribution is 0.213. The minimum Gasteiger partial charge on any atom is -0.394 e. The average molecular weight is 239 g/mol. The summed E-state index contributed by atoms with van der Waals surface area (Å²) in [6.45, 7) is 4.34. The molecule has 1 aromatic carbocycles. The van der Waals surface area contributed by atoms with Crippen LogP contribution in [0.25, 0.3) is 0 Å². The van der Waals surface area contributed by atoms with E-state index in [4.69, 9.17) is 5.73 Å². The Kier molecular flexibility index (Phi) is 5.32. The molecule has 0 saturated carbocycles. The van der Waals surface area contributed by atoms with Crippen molar-refractivity contribution in [2.75, 3.05) is 12.4 Å². The van der Waals surface area contributed by atoms with E-state index in [9.17, 15) is 5.11 Å². The second-order valence-corrected chi connectivity index (χ2v) is 5.64. The SMILES string of the molecule is CCC(C)SCC(N)(CO)c1ccccc1. The van der Waals surface area contributed by atoms with Gasteiger partial charge in [-0.05, 0) is 12.0 Å². The van der Waals surface area contributed by atoms with Crippen molar-refractivity contribution in [2.45, 2.75) is 31.1 Å². The summed E-state index contributed by atoms with van der Waals surface area (Å²) in [5.74, 6) is 0.753. The van der Waals surface area contributed by atoms with Gasteiger partial charge in [-0.3, -0.25) is 0 Å². The molecule has 0 heterocycles. The molecule has 16 heavy (non-hydrogen) atoms. The molecule has 0 bridgehead atoms. The van der Waals surface area contributed by atoms with E-state index in [1.165, 1.54) is 0 Å². The summed E-state index contributed by atoms with van der Waals surface area (Å²) >= 11 is 1.82. The van der Waals surface area contributed by atoms with Crippen molar-refractivity contribution >= 4 is 11.8 Å². The van der Waals surface area contributed by atoms with Crippen LogP contribution in [0.2, 0.25) is 0 Å². The molecule has 0 radical (unpaired) electrons. The molecule has 0 saturated heterocycles. The maximum absolute atomic E-state index is 9.49. The second-order valence-electron chi connectivity index (χ2n) is 4.21. The molecule has 1 rings (SSSR count). The third kappa shape index (κ3) is 3.51. The zero-order valence-corrected chi connectivity index (χ0v) is 10.8. The van der Waals surface area contributed by atoms with Gasteiger partial charge in [0.2, 0.25) is 0 Å². The van der Waals surface area contributed by atoms with Gasteiger partial charge in [0.1, 0.15) is 0 Å². The molecule has 2 unspecified atom stereocenters. The van der Waals surface area contributed by atoms with Crippen LogP contribution >= 0.6 is 11.8 Å². The quantitative estimate of drug-likeness (QED) is 0.801. The summed E-state index contributed by atoms with van der Waals surface area (Å²) in [6.07, 6.45) is 1.13. The maximum atomic E-state index is 9.49. The largest absolute Gasteiger partial charge is 0.394 e. The van der Waals surface area contributed by atoms with E-state index in [-0.39, 0.29) is 6.61 Å². The van der Waals surface area contributed by atoms with Crippen molar-refractivity contribution in [1.82, 2.24) is 0 Å². The zero-order chi connectivity index (χ0) is 12.0. The van der Waals surface area contributed by atoms with E-state index in [0.717, 1.165) is 17.7 Å². The van der Waals surface area contributed by atoms with E-state index in [1.54, 1.807) is 0 Å². The summed E-state index contributed by atoms with van der Waals surface area (Å²) in [7, 11) is 0. The van der Waals surface area contributed by atoms with Crippen molar-refractivity contribution in [3.63, 3.8) is 0 Å². The predicted molar refractivity (Wildman–Crippen MR) is 71.6 cm³/mol. The predicted octanol–water partition coefficient (Wildman–Crippen LogP) is 2.36. The van der Waals surface area contributed by atoms with Crippen LogP contribution < -0.4 is 5.73 Å². The van der Waals surface area contributed by atoms with Crippen LogP contribution in [0.1, 0.15) is 25.8 Å². The molecule has 0 aliphatic carbocycles. The van der Waals surface area contributed by atoms with E-state index in [1.807, 2.05) is 42.1 Å². The van der Waals surface area contributed by atoms with Gasteiger partial charge in [0.05, 0.1) is 12.1 Å². The Balaban J connectivity index is 2.70. The van der Waals surface area contributed by atoms with Crippen LogP contribution in [0.15, 0.2) is 30.3 Å². The van der Waals surface area contributed by atoms with Crippen molar-refractivity contribution in [1.29, 1.82) is 0 Å². The Hall–Kier alpha value is -0.510. The molecule has 2 atom stereocenters. The maximum Gasteiger partial charge on any atom is 0.0735 e. The van der Waals surface area contributed by atoms with Gasteiger partial charge in [-0.2, -0.15) is 11.8 Å². The molecule has 0 amide bonds. The number of rotatable bonds is 6. The van der Waals surface area contributed by atoms with Crippen LogP contribution in [0.4, 0.5) is 0 Å². The number of aliphatic hydroxyl groups is 1. The molecule has 2 nitrogen and oxygen atoms in total. The number of thioether (sulfide) groups is 1. The van der Waals surface area contributed by atoms with Crippen LogP contribution in [0, 0.1) is 0 Å². The highest BCUT2D eigenvalue weighted by atomic mass is 32.2. The molecule has 0 fully saturated rings. The minimum absolute atomic E-state index is 0.0134. The Labute approximate surface area is 102 Å². The first kappa shape index (κ1) is 13.6. The molecular weight excluding hydrogens is 218 g/mol. The van der Waals surface area contributed by atoms with Crippen LogP contribution in [0.3, 0.4) is 0 Å². The van der Waals surface area contributed by atoms with Gasteiger partial charge >= 0.3 is 0 Å². The molecule has 0 spiro atoms. The molecule has 0 aromatic heterocycles. The Morgan fingerprint density at radius 1 is 1.38 bits per heavy atom. The molecule has 90 valence electrons. The number of hydrogen-bond acceptors (Lipinski definition) is 3. The zero-order valence-electron chi connectivity index (χ0n) is 10.0. The first-order valence-corrected chi connectivity index (χ1v) is 6.74. The van der Waals surface area contributed by atoms with Crippen LogP contribution in [-0.4, -0.2) is 22.7 Å². The van der Waals surface area contributed by atoms with E-state index < -0.39 is 5.54 Å². The fourth-order valence-corrected chi connectivity index (χ4v) is 2.47. The number of aliphatic hydroxyl groups excluding tert-OH is 1. The van der Waals surface area contributed by atoms with Gasteiger partial charge in [0.25, 0.3) is 0 Å². The third-order valence-electron chi connectivity index (χ3n) is 2.83. The van der Waals surface area contributed by atoms with Gasteiger partial charge in [-0.15, -0.1) is 0 Å². The first-order valence-electron chi connectivity index (χ1n) is 5.69. The number of benzene rings is 1. The summed E-state index contributed by atoms with van der Waals surface area (Å²) in [6, 6.07) is 9.84. The summed E-state index contributed by atoms with van der Waals surface area (Å²) in [4.78, 5) is 0. The molecule has 1 aromatic rings. The van der Waals surface area contributed by atoms with Crippen LogP contribution in [0.5, 0.6) is 0 Å². The molecule has 0 aliphatic rings. The number of hydrogen-bond donors (Lipinski definition) is 2. The Bertz CT molecular complexity index is 304. The Morgan fingerprint density at radius 3 is 2.50 bits per heavy atom. The fourth-order valence-electron chi connectivity index (χ4n) is 1.40. The lowest BCUT2D eigenvalue weighted by atomic mass is 9.94. The van der Waals surface area contributed by atoms with Crippen molar-refractivity contribution < 1.29 is 5.11 Å². The minimum atomic E-state index is -0.616. The summed E-state index contributed by atoms with van der Waals surface area (Å²) < 4.78 is 0. The van der Waals surface area contributed by atoms with Gasteiger partial charge in [-0.1, -0.05) is 44.2 Å². The monoisotopic (exact) mass is 239 g/mol. The van der Waals surface area contributed by atoms with Gasteiger partial charge < -0.3 is 10.8 Å². The highest BCUT2D eigenvalue weighted by Crippen LogP contribution is 2.25. The lowest BCUT2D eigenvalue weighted by Gasteiger charge is -2.28. The molecule has 3 N–H and O–H groups in total. The molecular formula is C13H21NOS. The molecule has 3 heteroatoms. The topological polar surface area (TPSA) is 46.2 Å². The van der Waals surface area contributed by atoms with Crippen molar-refractivity contribution in [3.8, 4) is 0 Å². The van der Waals surface area contributed by atoms with Gasteiger partial charge in [-0.25, -0.2) is 0 Å². The Morgan fingerprint density at radius 2 is 2.00 bits per heavy atom. The summed E-state index contributed by atoms with van der Waals surface area (Å²) in [5, 5.41) is 10.1. The van der Waals surface area contributed by atoms with Crippen molar-refractivity contribution in [2.24, 2.45) is 5.73 Å². The van der Waals surface area contributed by atoms with Crippen molar-refractivity contribution in [3.05, 3.63) is 35.9 Å². The average Bonchev–Trinajstić information content (AvgIpc) is 2.36. The third-order valence-corrected chi connectivity index (χ3v) is 4.42. The fraction of sp³-hybridized carbons (Fsp3) is 0.538. The smallest absolute Gasteiger partial charge is 0.0735 e. The van der Waals surface area contributed by atoms with Gasteiger partial charge in [0.15, 0.2) is 0 Å². The highest BCUT2D eigenvalue weighted by molar-refractivity contribution is 7.99. The van der Waals surface area contributed by atoms with Gasteiger partial charge in [0, 0.05) is 11.0 Å². The normalized spacial score (nSPS) is 16.8. The van der Waals surface area contributed by atoms with E-state index in [0.29, 0.717) is 5.25 Å². The van der Waals surface area contributed by atoms with E-state index >= 15 is 0 Å². The van der Waals surface area contributed by atoms with E-state index in [2.05, 4.69) is 13.8 Å². The number of nitrogens with two attached hydrogens (primary N) is 1. The second kappa shape index (κ2) is 6.28.